The van der Waals surface area contributed by atoms with E-state index >= 15 is 0 Å². The largest absolute Gasteiger partial charge is 0.361 e. The lowest BCUT2D eigenvalue weighted by atomic mass is 9.95. The Bertz CT molecular complexity index is 349. The molecular formula is C10H13F9I2O. The van der Waals surface area contributed by atoms with E-state index in [0.29, 0.717) is 27.7 Å². The Kier molecular flexibility index (Phi) is 7.50. The van der Waals surface area contributed by atoms with Crippen molar-refractivity contribution in [1.29, 1.82) is 0 Å². The number of hydrogen-bond acceptors (Lipinski definition) is 1. The highest BCUT2D eigenvalue weighted by atomic mass is 127. The molecule has 1 nitrogen and oxygen atoms in total. The zero-order chi connectivity index (χ0) is 17.7. The van der Waals surface area contributed by atoms with Gasteiger partial charge in [-0.15, -0.1) is 0 Å². The molecule has 0 bridgehead atoms. The average molecular weight is 574 g/mol. The molecule has 0 amide bonds. The van der Waals surface area contributed by atoms with E-state index in [2.05, 4.69) is 4.74 Å². The van der Waals surface area contributed by atoms with Crippen LogP contribution in [0.5, 0.6) is 0 Å². The molecule has 136 valence electrons. The fourth-order valence-electron chi connectivity index (χ4n) is 1.45. The molecule has 0 aromatic carbocycles. The molecule has 0 saturated carbocycles. The second-order valence-electron chi connectivity index (χ2n) is 5.27. The maximum absolute atomic E-state index is 13.6. The van der Waals surface area contributed by atoms with Crippen LogP contribution in [0.25, 0.3) is 0 Å². The lowest BCUT2D eigenvalue weighted by molar-refractivity contribution is -0.332. The molecule has 0 radical (unpaired) electrons. The number of rotatable bonds is 6. The summed E-state index contributed by atoms with van der Waals surface area (Å²) in [6, 6.07) is 0. The Balaban J connectivity index is 0. The molecule has 0 atom stereocenters. The maximum Gasteiger partial charge on any atom is 0.361 e. The Morgan fingerprint density at radius 1 is 0.591 bits per heavy atom. The lowest BCUT2D eigenvalue weighted by Gasteiger charge is -2.45. The first-order chi connectivity index (χ1) is 8.71. The summed E-state index contributed by atoms with van der Waals surface area (Å²) in [6.45, 7) is 1.73. The van der Waals surface area contributed by atoms with Crippen molar-refractivity contribution in [3.8, 4) is 0 Å². The van der Waals surface area contributed by atoms with Crippen molar-refractivity contribution >= 4 is 45.2 Å². The molecule has 0 N–H and O–H groups in total. The van der Waals surface area contributed by atoms with Gasteiger partial charge in [0.05, 0.1) is 0 Å². The molecule has 0 aliphatic heterocycles. The van der Waals surface area contributed by atoms with Gasteiger partial charge < -0.3 is 4.74 Å². The van der Waals surface area contributed by atoms with Gasteiger partial charge in [0, 0.05) is 45.2 Å². The van der Waals surface area contributed by atoms with Crippen LogP contribution in [-0.4, -0.2) is 30.9 Å². The molecule has 0 aromatic heterocycles. The third-order valence-corrected chi connectivity index (χ3v) is 4.09. The molecule has 0 aromatic rings. The highest BCUT2D eigenvalue weighted by Gasteiger charge is 2.70. The normalized spacial score (nSPS) is 15.5. The SMILES string of the molecule is CC(C)(OC(C)(C)C(F)(F)C(F)(F)I)C(F)(F)C(F)(F)I.F. The quantitative estimate of drug-likeness (QED) is 0.214. The third kappa shape index (κ3) is 4.45. The second-order valence-corrected chi connectivity index (χ2v) is 7.98. The smallest absolute Gasteiger partial charge is 0.357 e. The van der Waals surface area contributed by atoms with Crippen LogP contribution < -0.4 is 0 Å². The van der Waals surface area contributed by atoms with Crippen LogP contribution in [0.2, 0.25) is 0 Å². The summed E-state index contributed by atoms with van der Waals surface area (Å²) in [7, 11) is 0. The molecule has 0 fully saturated rings. The van der Waals surface area contributed by atoms with E-state index in [4.69, 9.17) is 0 Å². The number of hydrogen-bond donors (Lipinski definition) is 0. The molecule has 0 aliphatic carbocycles. The van der Waals surface area contributed by atoms with Crippen molar-refractivity contribution in [3.05, 3.63) is 0 Å². The number of ether oxygens (including phenoxy) is 1. The monoisotopic (exact) mass is 574 g/mol. The van der Waals surface area contributed by atoms with Crippen LogP contribution >= 0.6 is 45.2 Å². The standard InChI is InChI=1S/C10H12F8I2O.FH/c1-5(2,7(11,12)9(15,16)19)21-6(3,4)8(13,14)10(17,18)20;/h1-4H3;1H. The molecule has 0 heterocycles. The first kappa shape index (κ1) is 25.0. The van der Waals surface area contributed by atoms with Crippen LogP contribution in [0.15, 0.2) is 0 Å². The van der Waals surface area contributed by atoms with Crippen LogP contribution in [0.1, 0.15) is 27.7 Å². The van der Waals surface area contributed by atoms with Gasteiger partial charge in [-0.05, 0) is 27.7 Å². The summed E-state index contributed by atoms with van der Waals surface area (Å²) >= 11 is 0.266. The first-order valence-corrected chi connectivity index (χ1v) is 7.46. The third-order valence-electron chi connectivity index (χ3n) is 2.73. The highest BCUT2D eigenvalue weighted by molar-refractivity contribution is 14.1. The summed E-state index contributed by atoms with van der Waals surface area (Å²) in [5, 5.41) is 0. The van der Waals surface area contributed by atoms with E-state index in [1.165, 1.54) is 0 Å². The number of halogens is 11. The average Bonchev–Trinajstić information content (AvgIpc) is 2.11. The predicted octanol–water partition coefficient (Wildman–Crippen LogP) is 6.04. The van der Waals surface area contributed by atoms with Crippen molar-refractivity contribution in [2.24, 2.45) is 0 Å². The minimum absolute atomic E-state index is 0. The van der Waals surface area contributed by atoms with E-state index in [1.54, 1.807) is 0 Å². The van der Waals surface area contributed by atoms with Gasteiger partial charge >= 0.3 is 19.7 Å². The molecule has 0 unspecified atom stereocenters. The van der Waals surface area contributed by atoms with E-state index < -0.39 is 30.9 Å². The molecule has 0 rings (SSSR count). The maximum atomic E-state index is 13.6. The van der Waals surface area contributed by atoms with Crippen molar-refractivity contribution < 1.29 is 44.6 Å². The zero-order valence-electron chi connectivity index (χ0n) is 11.6. The van der Waals surface area contributed by atoms with Gasteiger partial charge in [-0.3, -0.25) is 4.70 Å². The first-order valence-electron chi connectivity index (χ1n) is 5.30. The van der Waals surface area contributed by atoms with E-state index in [-0.39, 0.29) is 49.9 Å². The van der Waals surface area contributed by atoms with E-state index in [0.717, 1.165) is 0 Å². The Morgan fingerprint density at radius 3 is 0.909 bits per heavy atom. The van der Waals surface area contributed by atoms with Gasteiger partial charge in [0.25, 0.3) is 0 Å². The Labute approximate surface area is 148 Å². The molecule has 0 spiro atoms. The van der Waals surface area contributed by atoms with Crippen molar-refractivity contribution in [2.75, 3.05) is 0 Å². The van der Waals surface area contributed by atoms with Crippen LogP contribution in [0.3, 0.4) is 0 Å². The van der Waals surface area contributed by atoms with Gasteiger partial charge in [0.2, 0.25) is 0 Å². The van der Waals surface area contributed by atoms with Crippen LogP contribution in [0, 0.1) is 0 Å². The van der Waals surface area contributed by atoms with Crippen molar-refractivity contribution in [1.82, 2.24) is 0 Å². The summed E-state index contributed by atoms with van der Waals surface area (Å²) < 4.78 is 101. The van der Waals surface area contributed by atoms with E-state index in [9.17, 15) is 35.1 Å². The summed E-state index contributed by atoms with van der Waals surface area (Å²) in [6.07, 6.45) is 0. The highest BCUT2D eigenvalue weighted by Crippen LogP contribution is 2.53. The van der Waals surface area contributed by atoms with Gasteiger partial charge in [-0.25, -0.2) is 0 Å². The zero-order valence-corrected chi connectivity index (χ0v) is 15.9. The molecule has 0 aliphatic rings. The molecular weight excluding hydrogens is 561 g/mol. The summed E-state index contributed by atoms with van der Waals surface area (Å²) in [5.41, 5.74) is -6.24. The van der Waals surface area contributed by atoms with Crippen molar-refractivity contribution in [3.63, 3.8) is 0 Å². The van der Waals surface area contributed by atoms with Crippen molar-refractivity contribution in [2.45, 2.75) is 58.6 Å². The summed E-state index contributed by atoms with van der Waals surface area (Å²) in [4.78, 5) is 0. The van der Waals surface area contributed by atoms with E-state index in [1.807, 2.05) is 0 Å². The van der Waals surface area contributed by atoms with Gasteiger partial charge in [-0.2, -0.15) is 35.1 Å². The second kappa shape index (κ2) is 6.59. The topological polar surface area (TPSA) is 9.23 Å². The molecule has 22 heavy (non-hydrogen) atoms. The van der Waals surface area contributed by atoms with Crippen LogP contribution in [-0.2, 0) is 4.74 Å². The molecule has 12 heteroatoms. The minimum atomic E-state index is -4.87. The minimum Gasteiger partial charge on any atom is -0.357 e. The summed E-state index contributed by atoms with van der Waals surface area (Å²) in [5.74, 6) is -9.73. The Morgan fingerprint density at radius 2 is 0.773 bits per heavy atom. The van der Waals surface area contributed by atoms with Gasteiger partial charge in [0.15, 0.2) is 0 Å². The van der Waals surface area contributed by atoms with Gasteiger partial charge in [-0.1, -0.05) is 0 Å². The molecule has 0 saturated heterocycles. The van der Waals surface area contributed by atoms with Crippen LogP contribution in [0.4, 0.5) is 39.8 Å². The number of alkyl halides is 10. The Hall–Kier alpha value is 0.790. The van der Waals surface area contributed by atoms with Gasteiger partial charge in [0.1, 0.15) is 11.2 Å². The lowest BCUT2D eigenvalue weighted by Crippen LogP contribution is -2.62. The fourth-order valence-corrected chi connectivity index (χ4v) is 2.75. The fraction of sp³-hybridized carbons (Fsp3) is 1.00. The predicted molar refractivity (Wildman–Crippen MR) is 79.6 cm³/mol.